The molecule has 1 radical (unpaired) electrons. The Kier molecular flexibility index (Phi) is 6.85. The molecule has 0 aliphatic rings. The van der Waals surface area contributed by atoms with Crippen molar-refractivity contribution in [1.82, 2.24) is 0 Å². The van der Waals surface area contributed by atoms with Crippen molar-refractivity contribution >= 4 is 11.9 Å². The van der Waals surface area contributed by atoms with Gasteiger partial charge in [0.15, 0.2) is 0 Å². The van der Waals surface area contributed by atoms with Crippen molar-refractivity contribution in [3.8, 4) is 0 Å². The van der Waals surface area contributed by atoms with Gasteiger partial charge in [0.05, 0.1) is 0 Å². The van der Waals surface area contributed by atoms with Gasteiger partial charge in [-0.2, -0.15) is 0 Å². The van der Waals surface area contributed by atoms with Gasteiger partial charge in [0.25, 0.3) is 0 Å². The summed E-state index contributed by atoms with van der Waals surface area (Å²) in [4.78, 5) is 22.5. The van der Waals surface area contributed by atoms with E-state index >= 15 is 0 Å². The van der Waals surface area contributed by atoms with E-state index < -0.39 is 5.60 Å². The average Bonchev–Trinajstić information content (AvgIpc) is 2.09. The molecular formula is C13H24NO3. The van der Waals surface area contributed by atoms with E-state index in [0.29, 0.717) is 0 Å². The lowest BCUT2D eigenvalue weighted by atomic mass is 9.94. The summed E-state index contributed by atoms with van der Waals surface area (Å²) in [6.07, 6.45) is 4.18. The Morgan fingerprint density at radius 3 is 2.29 bits per heavy atom. The minimum absolute atomic E-state index is 0.0152. The lowest BCUT2D eigenvalue weighted by molar-refractivity contribution is -0.156. The second-order valence-corrected chi connectivity index (χ2v) is 5.31. The number of esters is 1. The highest BCUT2D eigenvalue weighted by atomic mass is 16.6. The van der Waals surface area contributed by atoms with E-state index in [9.17, 15) is 9.59 Å². The van der Waals surface area contributed by atoms with Gasteiger partial charge in [-0.05, 0) is 39.5 Å². The number of rotatable bonds is 7. The molecule has 99 valence electrons. The van der Waals surface area contributed by atoms with Crippen molar-refractivity contribution in [2.75, 3.05) is 0 Å². The second-order valence-electron chi connectivity index (χ2n) is 5.31. The molecule has 0 saturated carbocycles. The van der Waals surface area contributed by atoms with Crippen molar-refractivity contribution in [1.29, 1.82) is 0 Å². The zero-order chi connectivity index (χ0) is 13.5. The lowest BCUT2D eigenvalue weighted by Gasteiger charge is -2.21. The number of unbranched alkanes of at least 4 members (excludes halogenated alkanes) is 1. The zero-order valence-corrected chi connectivity index (χ0v) is 11.3. The molecule has 17 heavy (non-hydrogen) atoms. The minimum atomic E-state index is -0.481. The molecule has 4 nitrogen and oxygen atoms in total. The van der Waals surface area contributed by atoms with Gasteiger partial charge in [0, 0.05) is 12.8 Å². The van der Waals surface area contributed by atoms with Gasteiger partial charge in [-0.1, -0.05) is 13.3 Å². The highest BCUT2D eigenvalue weighted by Crippen LogP contribution is 2.19. The summed E-state index contributed by atoms with van der Waals surface area (Å²) < 4.78 is 5.23. The molecule has 1 unspecified atom stereocenters. The van der Waals surface area contributed by atoms with Crippen molar-refractivity contribution in [3.05, 3.63) is 6.42 Å². The Hall–Kier alpha value is -1.06. The van der Waals surface area contributed by atoms with Gasteiger partial charge in [-0.15, -0.1) is 0 Å². The van der Waals surface area contributed by atoms with Crippen LogP contribution < -0.4 is 5.73 Å². The van der Waals surface area contributed by atoms with Crippen molar-refractivity contribution in [3.63, 3.8) is 0 Å². The summed E-state index contributed by atoms with van der Waals surface area (Å²) in [5, 5.41) is 0. The molecule has 0 aromatic rings. The van der Waals surface area contributed by atoms with Crippen LogP contribution in [0.5, 0.6) is 0 Å². The van der Waals surface area contributed by atoms with Gasteiger partial charge in [0.2, 0.25) is 5.91 Å². The topological polar surface area (TPSA) is 69.4 Å². The van der Waals surface area contributed by atoms with Crippen LogP contribution in [0.2, 0.25) is 0 Å². The second kappa shape index (κ2) is 7.30. The number of carbonyl (C=O) groups is 2. The van der Waals surface area contributed by atoms with E-state index in [2.05, 4.69) is 0 Å². The third-order valence-electron chi connectivity index (χ3n) is 2.23. The van der Waals surface area contributed by atoms with Crippen LogP contribution >= 0.6 is 0 Å². The molecule has 1 amide bonds. The molecule has 0 bridgehead atoms. The molecule has 0 rings (SSSR count). The van der Waals surface area contributed by atoms with Crippen LogP contribution in [0.1, 0.15) is 53.4 Å². The van der Waals surface area contributed by atoms with Crippen LogP contribution in [0.4, 0.5) is 0 Å². The van der Waals surface area contributed by atoms with E-state index in [1.807, 2.05) is 34.1 Å². The Balaban J connectivity index is 4.21. The molecule has 0 aliphatic carbocycles. The number of nitrogens with two attached hydrogens (primary N) is 1. The summed E-state index contributed by atoms with van der Waals surface area (Å²) in [5.41, 5.74) is 4.69. The average molecular weight is 242 g/mol. The molecule has 2 N–H and O–H groups in total. The highest BCUT2D eigenvalue weighted by molar-refractivity contribution is 5.76. The molecule has 0 aliphatic heterocycles. The van der Waals surface area contributed by atoms with Gasteiger partial charge < -0.3 is 10.5 Å². The predicted molar refractivity (Wildman–Crippen MR) is 67.0 cm³/mol. The fraction of sp³-hybridized carbons (Fsp3) is 0.769. The number of primary amides is 1. The SMILES string of the molecule is C[CH]CCC(CC(N)=O)CC(=O)OC(C)(C)C. The van der Waals surface area contributed by atoms with E-state index in [-0.39, 0.29) is 30.6 Å². The molecule has 0 heterocycles. The molecule has 0 aromatic carbocycles. The molecular weight excluding hydrogens is 218 g/mol. The first-order valence-electron chi connectivity index (χ1n) is 6.02. The van der Waals surface area contributed by atoms with Crippen molar-refractivity contribution < 1.29 is 14.3 Å². The zero-order valence-electron chi connectivity index (χ0n) is 11.3. The Morgan fingerprint density at radius 2 is 1.88 bits per heavy atom. The highest BCUT2D eigenvalue weighted by Gasteiger charge is 2.21. The molecule has 0 fully saturated rings. The summed E-state index contributed by atoms with van der Waals surface area (Å²) in [7, 11) is 0. The molecule has 0 spiro atoms. The van der Waals surface area contributed by atoms with Crippen LogP contribution in [0.25, 0.3) is 0 Å². The largest absolute Gasteiger partial charge is 0.460 e. The molecule has 0 aromatic heterocycles. The Bertz CT molecular complexity index is 256. The van der Waals surface area contributed by atoms with Gasteiger partial charge in [0.1, 0.15) is 5.60 Å². The fourth-order valence-electron chi connectivity index (χ4n) is 1.58. The maximum absolute atomic E-state index is 11.6. The molecule has 1 atom stereocenters. The van der Waals surface area contributed by atoms with Gasteiger partial charge in [-0.25, -0.2) is 0 Å². The van der Waals surface area contributed by atoms with Gasteiger partial charge >= 0.3 is 5.97 Å². The molecule has 4 heteroatoms. The first-order chi connectivity index (χ1) is 7.74. The lowest BCUT2D eigenvalue weighted by Crippen LogP contribution is -2.26. The Morgan fingerprint density at radius 1 is 1.29 bits per heavy atom. The van der Waals surface area contributed by atoms with Crippen LogP contribution in [0.3, 0.4) is 0 Å². The van der Waals surface area contributed by atoms with Crippen molar-refractivity contribution in [2.45, 2.75) is 59.0 Å². The summed E-state index contributed by atoms with van der Waals surface area (Å²) in [6, 6.07) is 0. The maximum atomic E-state index is 11.6. The number of ether oxygens (including phenoxy) is 1. The monoisotopic (exact) mass is 242 g/mol. The minimum Gasteiger partial charge on any atom is -0.460 e. The summed E-state index contributed by atoms with van der Waals surface area (Å²) >= 11 is 0. The number of amides is 1. The fourth-order valence-corrected chi connectivity index (χ4v) is 1.58. The van der Waals surface area contributed by atoms with Crippen LogP contribution in [0.15, 0.2) is 0 Å². The van der Waals surface area contributed by atoms with Crippen LogP contribution in [0, 0.1) is 12.3 Å². The van der Waals surface area contributed by atoms with E-state index in [4.69, 9.17) is 10.5 Å². The summed E-state index contributed by atoms with van der Waals surface area (Å²) in [5.74, 6) is -0.645. The number of carbonyl (C=O) groups excluding carboxylic acids is 2. The first-order valence-corrected chi connectivity index (χ1v) is 6.02. The van der Waals surface area contributed by atoms with Crippen LogP contribution in [-0.2, 0) is 14.3 Å². The van der Waals surface area contributed by atoms with E-state index in [0.717, 1.165) is 12.8 Å². The number of hydrogen-bond acceptors (Lipinski definition) is 3. The maximum Gasteiger partial charge on any atom is 0.306 e. The van der Waals surface area contributed by atoms with E-state index in [1.165, 1.54) is 0 Å². The van der Waals surface area contributed by atoms with Crippen LogP contribution in [-0.4, -0.2) is 17.5 Å². The molecule has 0 saturated heterocycles. The predicted octanol–water partition coefficient (Wildman–Crippen LogP) is 2.21. The third-order valence-corrected chi connectivity index (χ3v) is 2.23. The van der Waals surface area contributed by atoms with E-state index in [1.54, 1.807) is 0 Å². The normalized spacial score (nSPS) is 13.2. The standard InChI is InChI=1S/C13H24NO3/c1-5-6-7-10(8-11(14)15)9-12(16)17-13(2,3)4/h5,10H,6-9H2,1-4H3,(H2,14,15). The summed E-state index contributed by atoms with van der Waals surface area (Å²) in [6.45, 7) is 7.43. The quantitative estimate of drug-likeness (QED) is 0.696. The number of hydrogen-bond donors (Lipinski definition) is 1. The van der Waals surface area contributed by atoms with Gasteiger partial charge in [-0.3, -0.25) is 9.59 Å². The first kappa shape index (κ1) is 15.9. The Labute approximate surface area is 104 Å². The van der Waals surface area contributed by atoms with Crippen molar-refractivity contribution in [2.24, 2.45) is 11.7 Å². The smallest absolute Gasteiger partial charge is 0.306 e. The third kappa shape index (κ3) is 9.85.